The number of pyridine rings is 1. The van der Waals surface area contributed by atoms with Gasteiger partial charge in [0, 0.05) is 16.4 Å². The zero-order chi connectivity index (χ0) is 15.7. The fourth-order valence-corrected chi connectivity index (χ4v) is 2.11. The third-order valence-corrected chi connectivity index (χ3v) is 3.23. The molecule has 3 aromatic rings. The van der Waals surface area contributed by atoms with Crippen molar-refractivity contribution in [2.75, 3.05) is 5.32 Å². The summed E-state index contributed by atoms with van der Waals surface area (Å²) in [5, 5.41) is 3.09. The number of halogens is 1. The van der Waals surface area contributed by atoms with Gasteiger partial charge in [-0.25, -0.2) is 19.5 Å². The first kappa shape index (κ1) is 13.8. The van der Waals surface area contributed by atoms with Crippen LogP contribution in [0.2, 0.25) is 0 Å². The van der Waals surface area contributed by atoms with E-state index in [1.54, 1.807) is 12.1 Å². The number of aryl methyl sites for hydroxylation is 1. The van der Waals surface area contributed by atoms with Gasteiger partial charge in [0.15, 0.2) is 5.65 Å². The van der Waals surface area contributed by atoms with E-state index in [4.69, 9.17) is 0 Å². The third kappa shape index (κ3) is 2.41. The van der Waals surface area contributed by atoms with E-state index in [2.05, 4.69) is 25.2 Å². The summed E-state index contributed by atoms with van der Waals surface area (Å²) < 4.78 is 12.0. The molecule has 1 aromatic carbocycles. The Morgan fingerprint density at radius 1 is 1.27 bits per heavy atom. The molecule has 112 valence electrons. The van der Waals surface area contributed by atoms with E-state index >= 15 is 0 Å². The number of rotatable bonds is 3. The number of aromatic nitrogens is 3. The molecule has 0 saturated heterocycles. The predicted molar refractivity (Wildman–Crippen MR) is 77.7 cm³/mol. The predicted octanol–water partition coefficient (Wildman–Crippen LogP) is 2.34. The molecule has 0 atom stereocenters. The van der Waals surface area contributed by atoms with Crippen LogP contribution in [-0.4, -0.2) is 20.9 Å². The van der Waals surface area contributed by atoms with Gasteiger partial charge in [0.05, 0.1) is 11.3 Å². The second-order valence-electron chi connectivity index (χ2n) is 4.68. The largest absolute Gasteiger partial charge is 0.379 e. The van der Waals surface area contributed by atoms with Gasteiger partial charge in [-0.2, -0.15) is 0 Å². The molecule has 0 saturated carbocycles. The molecule has 3 N–H and O–H groups in total. The number of benzene rings is 1. The Balaban J connectivity index is 2.04. The maximum Gasteiger partial charge on any atom is 0.379 e. The van der Waals surface area contributed by atoms with Gasteiger partial charge in [0.2, 0.25) is 0 Å². The van der Waals surface area contributed by atoms with E-state index in [9.17, 15) is 14.1 Å². The van der Waals surface area contributed by atoms with Crippen molar-refractivity contribution in [2.24, 2.45) is 0 Å². The molecular formula is C14H11FN4O3. The number of hydrogen-bond acceptors (Lipinski definition) is 5. The maximum absolute atomic E-state index is 12.0. The average molecular weight is 302 g/mol. The molecule has 0 bridgehead atoms. The highest BCUT2D eigenvalue weighted by molar-refractivity contribution is 5.92. The minimum atomic E-state index is -1.07. The summed E-state index contributed by atoms with van der Waals surface area (Å²) in [4.78, 5) is 35.1. The van der Waals surface area contributed by atoms with E-state index in [1.807, 2.05) is 6.92 Å². The van der Waals surface area contributed by atoms with Crippen LogP contribution in [0.25, 0.3) is 11.2 Å². The molecule has 2 aromatic heterocycles. The number of carbonyl (C=O) groups excluding carboxylic acids is 1. The van der Waals surface area contributed by atoms with E-state index < -0.39 is 5.97 Å². The van der Waals surface area contributed by atoms with Crippen molar-refractivity contribution in [1.82, 2.24) is 15.0 Å². The first-order chi connectivity index (χ1) is 10.6. The molecule has 22 heavy (non-hydrogen) atoms. The van der Waals surface area contributed by atoms with Crippen LogP contribution in [0.1, 0.15) is 15.9 Å². The number of nitrogens with one attached hydrogen (secondary N) is 3. The quantitative estimate of drug-likeness (QED) is 0.689. The summed E-state index contributed by atoms with van der Waals surface area (Å²) in [6.07, 6.45) is 1.53. The lowest BCUT2D eigenvalue weighted by Gasteiger charge is -2.11. The number of anilines is 2. The number of imidazole rings is 1. The Kier molecular flexibility index (Phi) is 3.34. The van der Waals surface area contributed by atoms with Crippen LogP contribution in [0, 0.1) is 6.92 Å². The van der Waals surface area contributed by atoms with Crippen molar-refractivity contribution in [3.8, 4) is 0 Å². The van der Waals surface area contributed by atoms with Crippen LogP contribution in [0.15, 0.2) is 35.3 Å². The standard InChI is InChI=1S/C14H11FN4O3/c1-7-2-3-8(13(20)22-15)6-10(7)17-9-4-5-16-12-11(9)18-14(21)19-12/h2-6H,1H3,(H3,16,17,18,19,21). The lowest BCUT2D eigenvalue weighted by molar-refractivity contribution is -0.0787. The Morgan fingerprint density at radius 2 is 2.09 bits per heavy atom. The highest BCUT2D eigenvalue weighted by atomic mass is 19.3. The van der Waals surface area contributed by atoms with Crippen molar-refractivity contribution in [3.63, 3.8) is 0 Å². The maximum atomic E-state index is 12.0. The molecule has 0 aliphatic rings. The Morgan fingerprint density at radius 3 is 2.86 bits per heavy atom. The van der Waals surface area contributed by atoms with Gasteiger partial charge in [0.1, 0.15) is 5.52 Å². The molecular weight excluding hydrogens is 291 g/mol. The summed E-state index contributed by atoms with van der Waals surface area (Å²) in [5.74, 6) is -1.07. The number of H-pyrrole nitrogens is 2. The molecule has 0 spiro atoms. The fraction of sp³-hybridized carbons (Fsp3) is 0.0714. The van der Waals surface area contributed by atoms with Crippen LogP contribution < -0.4 is 11.0 Å². The van der Waals surface area contributed by atoms with Crippen molar-refractivity contribution in [2.45, 2.75) is 6.92 Å². The lowest BCUT2D eigenvalue weighted by atomic mass is 10.1. The Hall–Kier alpha value is -3.16. The molecule has 0 radical (unpaired) electrons. The summed E-state index contributed by atoms with van der Waals surface area (Å²) in [7, 11) is 0. The first-order valence-corrected chi connectivity index (χ1v) is 6.36. The number of carbonyl (C=O) groups is 1. The van der Waals surface area contributed by atoms with Gasteiger partial charge >= 0.3 is 11.7 Å². The zero-order valence-corrected chi connectivity index (χ0v) is 11.4. The Bertz CT molecular complexity index is 916. The van der Waals surface area contributed by atoms with Crippen LogP contribution >= 0.6 is 0 Å². The highest BCUT2D eigenvalue weighted by Gasteiger charge is 2.12. The van der Waals surface area contributed by atoms with Crippen LogP contribution in [0.5, 0.6) is 0 Å². The molecule has 0 unspecified atom stereocenters. The minimum Gasteiger partial charge on any atom is -0.353 e. The normalized spacial score (nSPS) is 10.6. The Labute approximate surface area is 123 Å². The molecule has 0 fully saturated rings. The van der Waals surface area contributed by atoms with Crippen LogP contribution in [0.4, 0.5) is 15.9 Å². The molecule has 0 aliphatic heterocycles. The molecule has 0 amide bonds. The van der Waals surface area contributed by atoms with E-state index in [0.29, 0.717) is 22.5 Å². The van der Waals surface area contributed by atoms with Crippen LogP contribution in [-0.2, 0) is 4.94 Å². The highest BCUT2D eigenvalue weighted by Crippen LogP contribution is 2.25. The zero-order valence-electron chi connectivity index (χ0n) is 11.4. The molecule has 0 aliphatic carbocycles. The first-order valence-electron chi connectivity index (χ1n) is 6.36. The molecule has 7 nitrogen and oxygen atoms in total. The lowest BCUT2D eigenvalue weighted by Crippen LogP contribution is -2.02. The van der Waals surface area contributed by atoms with Gasteiger partial charge < -0.3 is 10.3 Å². The minimum absolute atomic E-state index is 0.0727. The molecule has 8 heteroatoms. The SMILES string of the molecule is Cc1ccc(C(=O)OF)cc1Nc1ccnc2[nH]c(=O)[nH]c12. The van der Waals surface area contributed by atoms with Gasteiger partial charge in [-0.05, 0) is 30.7 Å². The van der Waals surface area contributed by atoms with Crippen LogP contribution in [0.3, 0.4) is 0 Å². The summed E-state index contributed by atoms with van der Waals surface area (Å²) in [6, 6.07) is 6.26. The number of aromatic amines is 2. The van der Waals surface area contributed by atoms with E-state index in [0.717, 1.165) is 5.56 Å². The summed E-state index contributed by atoms with van der Waals surface area (Å²) in [6.45, 7) is 1.82. The van der Waals surface area contributed by atoms with Crippen molar-refractivity contribution in [3.05, 3.63) is 52.1 Å². The number of hydrogen-bond donors (Lipinski definition) is 3. The molecule has 3 rings (SSSR count). The van der Waals surface area contributed by atoms with Crippen molar-refractivity contribution < 1.29 is 14.3 Å². The topological polar surface area (TPSA) is 99.9 Å². The second-order valence-corrected chi connectivity index (χ2v) is 4.68. The molecule has 2 heterocycles. The van der Waals surface area contributed by atoms with Crippen molar-refractivity contribution >= 4 is 28.5 Å². The monoisotopic (exact) mass is 302 g/mol. The fourth-order valence-electron chi connectivity index (χ4n) is 2.11. The summed E-state index contributed by atoms with van der Waals surface area (Å²) in [5.41, 5.74) is 2.62. The van der Waals surface area contributed by atoms with Gasteiger partial charge in [-0.15, -0.1) is 0 Å². The van der Waals surface area contributed by atoms with Gasteiger partial charge in [0.25, 0.3) is 0 Å². The summed E-state index contributed by atoms with van der Waals surface area (Å²) >= 11 is 0. The number of nitrogens with zero attached hydrogens (tertiary/aromatic N) is 1. The number of fused-ring (bicyclic) bond motifs is 1. The smallest absolute Gasteiger partial charge is 0.353 e. The van der Waals surface area contributed by atoms with E-state index in [1.165, 1.54) is 18.3 Å². The van der Waals surface area contributed by atoms with Gasteiger partial charge in [-0.1, -0.05) is 6.07 Å². The second kappa shape index (κ2) is 5.32. The van der Waals surface area contributed by atoms with Crippen molar-refractivity contribution in [1.29, 1.82) is 0 Å². The average Bonchev–Trinajstić information content (AvgIpc) is 2.90. The third-order valence-electron chi connectivity index (χ3n) is 3.23. The van der Waals surface area contributed by atoms with Gasteiger partial charge in [-0.3, -0.25) is 4.98 Å². The van der Waals surface area contributed by atoms with E-state index in [-0.39, 0.29) is 11.3 Å².